The molecule has 36 heavy (non-hydrogen) atoms. The van der Waals surface area contributed by atoms with Gasteiger partial charge in [-0.1, -0.05) is 47.2 Å². The molecule has 3 aromatic rings. The quantitative estimate of drug-likeness (QED) is 0.436. The number of aromatic nitrogens is 1. The topological polar surface area (TPSA) is 110 Å². The monoisotopic (exact) mass is 525 g/mol. The van der Waals surface area contributed by atoms with Crippen molar-refractivity contribution in [3.8, 4) is 5.75 Å². The van der Waals surface area contributed by atoms with Crippen LogP contribution in [0.2, 0.25) is 5.02 Å². The maximum atomic E-state index is 13.6. The number of esters is 1. The lowest BCUT2D eigenvalue weighted by Crippen LogP contribution is -2.40. The molecule has 2 aromatic carbocycles. The SMILES string of the molecule is CC1=C(C(=O)OC(C)C)[C@@H](c2ccc(Cl)cc2)n2c(s/c(=C\c3ccc(OCC(=O)[O-])cc3)c2=O)=N1. The Labute approximate surface area is 215 Å². The normalized spacial score (nSPS) is 15.5. The average molecular weight is 526 g/mol. The molecular weight excluding hydrogens is 504 g/mol. The fourth-order valence-corrected chi connectivity index (χ4v) is 4.95. The van der Waals surface area contributed by atoms with Crippen LogP contribution in [0.5, 0.6) is 5.75 Å². The van der Waals surface area contributed by atoms with Gasteiger partial charge in [0.1, 0.15) is 12.4 Å². The van der Waals surface area contributed by atoms with Gasteiger partial charge in [0.15, 0.2) is 4.80 Å². The van der Waals surface area contributed by atoms with Crippen LogP contribution in [-0.2, 0) is 14.3 Å². The Kier molecular flexibility index (Phi) is 7.42. The van der Waals surface area contributed by atoms with E-state index in [1.807, 2.05) is 0 Å². The van der Waals surface area contributed by atoms with Gasteiger partial charge in [-0.05, 0) is 62.2 Å². The lowest BCUT2D eigenvalue weighted by Gasteiger charge is -2.25. The Morgan fingerprint density at radius 2 is 1.83 bits per heavy atom. The Bertz CT molecular complexity index is 1520. The molecule has 0 spiro atoms. The number of fused-ring (bicyclic) bond motifs is 1. The molecule has 8 nitrogen and oxygen atoms in total. The molecule has 0 N–H and O–H groups in total. The van der Waals surface area contributed by atoms with E-state index in [0.717, 1.165) is 0 Å². The highest BCUT2D eigenvalue weighted by Gasteiger charge is 2.33. The van der Waals surface area contributed by atoms with Gasteiger partial charge in [-0.15, -0.1) is 0 Å². The van der Waals surface area contributed by atoms with Crippen molar-refractivity contribution in [2.45, 2.75) is 32.9 Å². The predicted octanol–water partition coefficient (Wildman–Crippen LogP) is 1.97. The summed E-state index contributed by atoms with van der Waals surface area (Å²) in [4.78, 5) is 42.3. The lowest BCUT2D eigenvalue weighted by atomic mass is 9.96. The van der Waals surface area contributed by atoms with E-state index in [1.54, 1.807) is 75.4 Å². The van der Waals surface area contributed by atoms with Crippen LogP contribution in [0.15, 0.2) is 69.6 Å². The number of rotatable bonds is 7. The predicted molar refractivity (Wildman–Crippen MR) is 133 cm³/mol. The fraction of sp³-hybridized carbons (Fsp3) is 0.231. The van der Waals surface area contributed by atoms with Crippen molar-refractivity contribution in [1.29, 1.82) is 0 Å². The second-order valence-corrected chi connectivity index (χ2v) is 9.76. The summed E-state index contributed by atoms with van der Waals surface area (Å²) >= 11 is 7.29. The standard InChI is InChI=1S/C26H23ClN2O6S/c1-14(2)35-25(33)22-15(3)28-26-29(23(22)17-6-8-18(27)9-7-17)24(32)20(36-26)12-16-4-10-19(11-5-16)34-13-21(30)31/h4-12,14,23H,13H2,1-3H3,(H,30,31)/p-1/b20-12-/t23-/m1/s1. The Morgan fingerprint density at radius 3 is 2.44 bits per heavy atom. The minimum atomic E-state index is -1.32. The van der Waals surface area contributed by atoms with Crippen molar-refractivity contribution in [2.24, 2.45) is 4.99 Å². The molecular formula is C26H22ClN2O6S-. The van der Waals surface area contributed by atoms with Gasteiger partial charge in [0.2, 0.25) is 0 Å². The molecule has 4 rings (SSSR count). The van der Waals surface area contributed by atoms with Crippen LogP contribution >= 0.6 is 22.9 Å². The minimum absolute atomic E-state index is 0.291. The minimum Gasteiger partial charge on any atom is -0.546 e. The van der Waals surface area contributed by atoms with E-state index in [4.69, 9.17) is 21.1 Å². The van der Waals surface area contributed by atoms with Crippen LogP contribution in [0.25, 0.3) is 6.08 Å². The van der Waals surface area contributed by atoms with Gasteiger partial charge in [0.25, 0.3) is 5.56 Å². The number of hydrogen-bond donors (Lipinski definition) is 0. The summed E-state index contributed by atoms with van der Waals surface area (Å²) in [6, 6.07) is 12.8. The van der Waals surface area contributed by atoms with Crippen LogP contribution < -0.4 is 24.7 Å². The third kappa shape index (κ3) is 5.42. The first-order valence-corrected chi connectivity index (χ1v) is 12.2. The summed E-state index contributed by atoms with van der Waals surface area (Å²) in [6.45, 7) is 4.69. The molecule has 0 saturated carbocycles. The largest absolute Gasteiger partial charge is 0.546 e. The van der Waals surface area contributed by atoms with Gasteiger partial charge in [0, 0.05) is 5.02 Å². The summed E-state index contributed by atoms with van der Waals surface area (Å²) in [5.74, 6) is -1.49. The highest BCUT2D eigenvalue weighted by Crippen LogP contribution is 2.31. The van der Waals surface area contributed by atoms with E-state index in [-0.39, 0.29) is 11.7 Å². The molecule has 0 saturated heterocycles. The van der Waals surface area contributed by atoms with E-state index >= 15 is 0 Å². The number of hydrogen-bond acceptors (Lipinski definition) is 8. The fourth-order valence-electron chi connectivity index (χ4n) is 3.77. The van der Waals surface area contributed by atoms with Gasteiger partial charge < -0.3 is 19.4 Å². The zero-order chi connectivity index (χ0) is 26.0. The van der Waals surface area contributed by atoms with Crippen molar-refractivity contribution in [2.75, 3.05) is 6.61 Å². The molecule has 186 valence electrons. The van der Waals surface area contributed by atoms with Crippen molar-refractivity contribution in [1.82, 2.24) is 4.57 Å². The van der Waals surface area contributed by atoms with Crippen LogP contribution in [0.3, 0.4) is 0 Å². The number of nitrogens with zero attached hydrogens (tertiary/aromatic N) is 2. The molecule has 0 amide bonds. The third-order valence-corrected chi connectivity index (χ3v) is 6.54. The molecule has 1 aliphatic heterocycles. The van der Waals surface area contributed by atoms with Gasteiger partial charge in [0.05, 0.1) is 33.9 Å². The van der Waals surface area contributed by atoms with Crippen molar-refractivity contribution in [3.63, 3.8) is 0 Å². The number of carboxylic acids is 1. The van der Waals surface area contributed by atoms with Crippen molar-refractivity contribution < 1.29 is 24.2 Å². The second-order valence-electron chi connectivity index (χ2n) is 8.32. The molecule has 0 unspecified atom stereocenters. The Morgan fingerprint density at radius 1 is 1.17 bits per heavy atom. The van der Waals surface area contributed by atoms with Crippen LogP contribution in [0.4, 0.5) is 0 Å². The molecule has 10 heteroatoms. The molecule has 0 radical (unpaired) electrons. The number of carbonyl (C=O) groups is 2. The first kappa shape index (κ1) is 25.4. The van der Waals surface area contributed by atoms with Crippen LogP contribution in [0.1, 0.15) is 37.9 Å². The summed E-state index contributed by atoms with van der Waals surface area (Å²) in [5, 5.41) is 11.1. The number of benzene rings is 2. The molecule has 1 atom stereocenters. The number of thiazole rings is 1. The van der Waals surface area contributed by atoms with E-state index in [9.17, 15) is 19.5 Å². The average Bonchev–Trinajstić information content (AvgIpc) is 3.12. The number of allylic oxidation sites excluding steroid dienone is 1. The first-order valence-electron chi connectivity index (χ1n) is 11.1. The zero-order valence-corrected chi connectivity index (χ0v) is 21.3. The zero-order valence-electron chi connectivity index (χ0n) is 19.7. The Hall–Kier alpha value is -3.69. The lowest BCUT2D eigenvalue weighted by molar-refractivity contribution is -0.307. The maximum Gasteiger partial charge on any atom is 0.338 e. The van der Waals surface area contributed by atoms with Gasteiger partial charge >= 0.3 is 5.97 Å². The number of ether oxygens (including phenoxy) is 2. The van der Waals surface area contributed by atoms with Crippen LogP contribution in [-0.4, -0.2) is 29.2 Å². The van der Waals surface area contributed by atoms with E-state index in [0.29, 0.717) is 42.5 Å². The highest BCUT2D eigenvalue weighted by molar-refractivity contribution is 7.07. The van der Waals surface area contributed by atoms with Gasteiger partial charge in [-0.25, -0.2) is 9.79 Å². The first-order chi connectivity index (χ1) is 17.1. The Balaban J connectivity index is 1.81. The molecule has 1 aromatic heterocycles. The molecule has 0 fully saturated rings. The number of carboxylic acid groups (broad SMARTS) is 1. The second kappa shape index (κ2) is 10.5. The summed E-state index contributed by atoms with van der Waals surface area (Å²) in [7, 11) is 0. The summed E-state index contributed by atoms with van der Waals surface area (Å²) in [5.41, 5.74) is 1.87. The number of aliphatic carboxylic acids is 1. The van der Waals surface area contributed by atoms with Gasteiger partial charge in [-0.2, -0.15) is 0 Å². The number of carbonyl (C=O) groups excluding carboxylic acids is 2. The number of halogens is 1. The van der Waals surface area contributed by atoms with Crippen molar-refractivity contribution >= 4 is 41.0 Å². The third-order valence-electron chi connectivity index (χ3n) is 5.30. The van der Waals surface area contributed by atoms with Gasteiger partial charge in [-0.3, -0.25) is 9.36 Å². The van der Waals surface area contributed by atoms with E-state index in [1.165, 1.54) is 15.9 Å². The summed E-state index contributed by atoms with van der Waals surface area (Å²) < 4.78 is 12.5. The molecule has 2 heterocycles. The van der Waals surface area contributed by atoms with Crippen LogP contribution in [0, 0.1) is 0 Å². The summed E-state index contributed by atoms with van der Waals surface area (Å²) in [6.07, 6.45) is 1.36. The molecule has 0 aliphatic carbocycles. The maximum absolute atomic E-state index is 13.6. The highest BCUT2D eigenvalue weighted by atomic mass is 35.5. The van der Waals surface area contributed by atoms with E-state index < -0.39 is 24.6 Å². The van der Waals surface area contributed by atoms with E-state index in [2.05, 4.69) is 4.99 Å². The molecule has 1 aliphatic rings. The molecule has 0 bridgehead atoms. The smallest absolute Gasteiger partial charge is 0.338 e. The van der Waals surface area contributed by atoms with Crippen molar-refractivity contribution in [3.05, 3.63) is 95.6 Å².